The molecule has 0 aliphatic carbocycles. The number of carbonyl (C=O) groups is 2. The molecule has 2 aliphatic heterocycles. The van der Waals surface area contributed by atoms with E-state index in [1.54, 1.807) is 0 Å². The van der Waals surface area contributed by atoms with E-state index in [4.69, 9.17) is 9.47 Å². The maximum Gasteiger partial charge on any atom is 0.330 e. The zero-order valence-corrected chi connectivity index (χ0v) is 21.2. The lowest BCUT2D eigenvalue weighted by molar-refractivity contribution is -0.138. The Bertz CT molecular complexity index is 501. The second kappa shape index (κ2) is 15.3. The van der Waals surface area contributed by atoms with Gasteiger partial charge in [0, 0.05) is 39.2 Å². The highest BCUT2D eigenvalue weighted by atomic mass is 32.2. The second-order valence-corrected chi connectivity index (χ2v) is 14.9. The van der Waals surface area contributed by atoms with Crippen LogP contribution in [0.1, 0.15) is 12.8 Å². The zero-order valence-electron chi connectivity index (χ0n) is 16.3. The largest absolute Gasteiger partial charge is 0.461 e. The summed E-state index contributed by atoms with van der Waals surface area (Å²) in [5.74, 6) is 3.83. The van der Waals surface area contributed by atoms with Gasteiger partial charge in [-0.2, -0.15) is 23.5 Å². The Morgan fingerprint density at radius 1 is 0.862 bits per heavy atom. The number of rotatable bonds is 14. The Kier molecular flexibility index (Phi) is 13.6. The minimum absolute atomic E-state index is 0.326. The van der Waals surface area contributed by atoms with Gasteiger partial charge in [0.15, 0.2) is 0 Å². The van der Waals surface area contributed by atoms with Gasteiger partial charge in [-0.3, -0.25) is 0 Å². The molecule has 0 aromatic rings. The maximum atomic E-state index is 11.1. The number of carbonyl (C=O) groups excluding carboxylic acids is 2. The first-order valence-corrected chi connectivity index (χ1v) is 15.7. The van der Waals surface area contributed by atoms with E-state index in [0.717, 1.165) is 16.6 Å². The fourth-order valence-electron chi connectivity index (χ4n) is 2.50. The van der Waals surface area contributed by atoms with Crippen LogP contribution in [0.2, 0.25) is 0 Å². The lowest BCUT2D eigenvalue weighted by Crippen LogP contribution is -2.14. The summed E-state index contributed by atoms with van der Waals surface area (Å²) in [4.78, 5) is 22.3. The molecule has 0 aromatic heterocycles. The van der Waals surface area contributed by atoms with Crippen LogP contribution in [0.15, 0.2) is 25.3 Å². The highest BCUT2D eigenvalue weighted by Gasteiger charge is 2.27. The lowest BCUT2D eigenvalue weighted by Gasteiger charge is -2.11. The van der Waals surface area contributed by atoms with Gasteiger partial charge in [0.05, 0.1) is 9.16 Å². The fourth-order valence-corrected chi connectivity index (χ4v) is 11.7. The third kappa shape index (κ3) is 11.1. The van der Waals surface area contributed by atoms with Crippen molar-refractivity contribution in [3.63, 3.8) is 0 Å². The monoisotopic (exact) mass is 512 g/mol. The van der Waals surface area contributed by atoms with Gasteiger partial charge in [0.25, 0.3) is 0 Å². The van der Waals surface area contributed by atoms with Gasteiger partial charge in [-0.15, -0.1) is 47.0 Å². The van der Waals surface area contributed by atoms with Gasteiger partial charge >= 0.3 is 11.9 Å². The first-order chi connectivity index (χ1) is 14.1. The normalized spacial score (nSPS) is 26.2. The molecule has 0 spiro atoms. The minimum atomic E-state index is -0.326. The lowest BCUT2D eigenvalue weighted by atomic mass is 10.5. The van der Waals surface area contributed by atoms with E-state index in [9.17, 15) is 9.59 Å². The molecular formula is C19H28O4S6. The molecule has 0 amide bonds. The van der Waals surface area contributed by atoms with Gasteiger partial charge < -0.3 is 9.47 Å². The molecule has 0 N–H and O–H groups in total. The summed E-state index contributed by atoms with van der Waals surface area (Å²) in [6.45, 7) is 7.84. The Morgan fingerprint density at radius 3 is 1.72 bits per heavy atom. The molecule has 0 bridgehead atoms. The number of ether oxygens (including phenoxy) is 2. The molecule has 4 unspecified atom stereocenters. The van der Waals surface area contributed by atoms with E-state index >= 15 is 0 Å². The molecule has 0 radical (unpaired) electrons. The molecule has 2 heterocycles. The van der Waals surface area contributed by atoms with Gasteiger partial charge in [-0.05, 0) is 24.3 Å². The Labute approximate surface area is 199 Å². The van der Waals surface area contributed by atoms with Crippen molar-refractivity contribution in [1.29, 1.82) is 0 Å². The smallest absolute Gasteiger partial charge is 0.330 e. The van der Waals surface area contributed by atoms with Crippen LogP contribution in [0.25, 0.3) is 0 Å². The summed E-state index contributed by atoms with van der Waals surface area (Å²) < 4.78 is 11.5. The highest BCUT2D eigenvalue weighted by Crippen LogP contribution is 2.41. The van der Waals surface area contributed by atoms with E-state index < -0.39 is 0 Å². The van der Waals surface area contributed by atoms with E-state index in [1.165, 1.54) is 36.5 Å². The average Bonchev–Trinajstić information content (AvgIpc) is 3.38. The molecule has 2 aliphatic rings. The van der Waals surface area contributed by atoms with Crippen molar-refractivity contribution < 1.29 is 19.1 Å². The third-order valence-corrected chi connectivity index (χ3v) is 13.1. The van der Waals surface area contributed by atoms with Crippen LogP contribution >= 0.6 is 70.6 Å². The maximum absolute atomic E-state index is 11.1. The molecule has 0 saturated carbocycles. The topological polar surface area (TPSA) is 52.6 Å². The molecule has 164 valence electrons. The van der Waals surface area contributed by atoms with Crippen LogP contribution in [-0.2, 0) is 19.1 Å². The minimum Gasteiger partial charge on any atom is -0.461 e. The van der Waals surface area contributed by atoms with Gasteiger partial charge in [-0.25, -0.2) is 9.59 Å². The Balaban J connectivity index is 1.40. The van der Waals surface area contributed by atoms with Crippen molar-refractivity contribution in [2.45, 2.75) is 32.5 Å². The molecule has 2 saturated heterocycles. The standard InChI is InChI=1S/C19H28O4S6/c1-3-16(20)22-9-14-11-26-18(28-14)5-7-24-13-25-8-6-19-27-12-15(29-19)10-23-17(21)4-2/h3-4,14-15,18-19H,1-2,5-13H2. The molecule has 10 heteroatoms. The molecule has 2 rings (SSSR count). The summed E-state index contributed by atoms with van der Waals surface area (Å²) in [6.07, 6.45) is 4.85. The Morgan fingerprint density at radius 2 is 1.31 bits per heavy atom. The predicted molar refractivity (Wildman–Crippen MR) is 137 cm³/mol. The van der Waals surface area contributed by atoms with Crippen molar-refractivity contribution in [3.05, 3.63) is 25.3 Å². The first kappa shape index (κ1) is 25.8. The number of hydrogen-bond donors (Lipinski definition) is 0. The zero-order chi connectivity index (χ0) is 20.9. The predicted octanol–water partition coefficient (Wildman–Crippen LogP) is 5.00. The van der Waals surface area contributed by atoms with Crippen molar-refractivity contribution in [1.82, 2.24) is 0 Å². The van der Waals surface area contributed by atoms with Gasteiger partial charge in [-0.1, -0.05) is 13.2 Å². The van der Waals surface area contributed by atoms with Crippen LogP contribution in [0.3, 0.4) is 0 Å². The highest BCUT2D eigenvalue weighted by molar-refractivity contribution is 8.21. The second-order valence-electron chi connectivity index (χ2n) is 6.22. The van der Waals surface area contributed by atoms with Gasteiger partial charge in [0.1, 0.15) is 13.2 Å². The van der Waals surface area contributed by atoms with Crippen LogP contribution in [0.4, 0.5) is 0 Å². The average molecular weight is 513 g/mol. The first-order valence-electron chi connectivity index (χ1n) is 9.38. The SMILES string of the molecule is C=CC(=O)OCC1CSC(CCSCSCCC2SCC(COC(=O)C=C)S2)S1. The summed E-state index contributed by atoms with van der Waals surface area (Å²) in [7, 11) is 0. The van der Waals surface area contributed by atoms with Crippen molar-refractivity contribution in [3.8, 4) is 0 Å². The van der Waals surface area contributed by atoms with E-state index in [2.05, 4.69) is 13.2 Å². The molecule has 4 nitrogen and oxygen atoms in total. The van der Waals surface area contributed by atoms with Crippen LogP contribution in [0.5, 0.6) is 0 Å². The number of esters is 2. The number of thioether (sulfide) groups is 6. The fraction of sp³-hybridized carbons (Fsp3) is 0.684. The Hall–Kier alpha value is 0.520. The van der Waals surface area contributed by atoms with E-state index in [-0.39, 0.29) is 11.9 Å². The van der Waals surface area contributed by atoms with Crippen LogP contribution in [0, 0.1) is 0 Å². The molecule has 29 heavy (non-hydrogen) atoms. The molecule has 0 aromatic carbocycles. The molecule has 2 fully saturated rings. The van der Waals surface area contributed by atoms with Crippen LogP contribution < -0.4 is 0 Å². The van der Waals surface area contributed by atoms with Crippen molar-refractivity contribution in [2.75, 3.05) is 41.3 Å². The molecule has 4 atom stereocenters. The quantitative estimate of drug-likeness (QED) is 0.138. The third-order valence-electron chi connectivity index (χ3n) is 3.94. The van der Waals surface area contributed by atoms with E-state index in [1.807, 2.05) is 70.6 Å². The van der Waals surface area contributed by atoms with E-state index in [0.29, 0.717) is 32.9 Å². The summed E-state index contributed by atoms with van der Waals surface area (Å²) in [5.41, 5.74) is 0. The summed E-state index contributed by atoms with van der Waals surface area (Å²) >= 11 is 11.9. The summed E-state index contributed by atoms with van der Waals surface area (Å²) in [5, 5.41) is 1.97. The van der Waals surface area contributed by atoms with Crippen molar-refractivity contribution in [2.24, 2.45) is 0 Å². The van der Waals surface area contributed by atoms with Gasteiger partial charge in [0.2, 0.25) is 0 Å². The van der Waals surface area contributed by atoms with Crippen molar-refractivity contribution >= 4 is 82.5 Å². The van der Waals surface area contributed by atoms with Crippen LogP contribution in [-0.4, -0.2) is 72.9 Å². The summed E-state index contributed by atoms with van der Waals surface area (Å²) in [6, 6.07) is 0. The number of hydrogen-bond acceptors (Lipinski definition) is 10. The molecular weight excluding hydrogens is 485 g/mol.